The zero-order chi connectivity index (χ0) is 26.3. The summed E-state index contributed by atoms with van der Waals surface area (Å²) in [6.45, 7) is 9.58. The molecule has 190 valence electrons. The zero-order valence-corrected chi connectivity index (χ0v) is 21.0. The normalized spacial score (nSPS) is 12.4. The Labute approximate surface area is 202 Å². The van der Waals surface area contributed by atoms with Gasteiger partial charge in [0.05, 0.1) is 6.04 Å². The fourth-order valence-electron chi connectivity index (χ4n) is 2.99. The van der Waals surface area contributed by atoms with Crippen molar-refractivity contribution >= 4 is 29.5 Å². The Bertz CT molecular complexity index is 782. The SMILES string of the molecule is C#CCCC(NC(=O)CCCCN(C)C(=O)C(NC(=O)NC)C(C)(C)C)C(=O)C(=O)NCC=C. The molecule has 34 heavy (non-hydrogen) atoms. The summed E-state index contributed by atoms with van der Waals surface area (Å²) in [5, 5.41) is 10.1. The second-order valence-corrected chi connectivity index (χ2v) is 8.97. The van der Waals surface area contributed by atoms with Gasteiger partial charge in [-0.25, -0.2) is 4.79 Å². The van der Waals surface area contributed by atoms with Gasteiger partial charge in [-0.1, -0.05) is 26.8 Å². The molecule has 0 aliphatic heterocycles. The number of hydrogen-bond donors (Lipinski definition) is 4. The van der Waals surface area contributed by atoms with Crippen molar-refractivity contribution in [2.75, 3.05) is 27.2 Å². The summed E-state index contributed by atoms with van der Waals surface area (Å²) in [6.07, 6.45) is 8.21. The first-order valence-electron chi connectivity index (χ1n) is 11.3. The Morgan fingerprint density at radius 1 is 1.12 bits per heavy atom. The minimum Gasteiger partial charge on any atom is -0.346 e. The van der Waals surface area contributed by atoms with Gasteiger partial charge in [-0.15, -0.1) is 18.9 Å². The monoisotopic (exact) mass is 477 g/mol. The number of rotatable bonds is 14. The molecule has 0 aliphatic rings. The van der Waals surface area contributed by atoms with Crippen molar-refractivity contribution in [2.45, 2.75) is 65.0 Å². The Hall–Kier alpha value is -3.35. The van der Waals surface area contributed by atoms with E-state index in [2.05, 4.69) is 33.8 Å². The van der Waals surface area contributed by atoms with Crippen LogP contribution in [0.3, 0.4) is 0 Å². The lowest BCUT2D eigenvalue weighted by molar-refractivity contribution is -0.140. The van der Waals surface area contributed by atoms with E-state index in [0.717, 1.165) is 0 Å². The first-order valence-corrected chi connectivity index (χ1v) is 11.3. The molecular formula is C24H39N5O5. The van der Waals surface area contributed by atoms with E-state index < -0.39 is 35.2 Å². The molecule has 0 aliphatic carbocycles. The number of hydrogen-bond acceptors (Lipinski definition) is 5. The molecule has 0 bridgehead atoms. The van der Waals surface area contributed by atoms with Gasteiger partial charge in [0.15, 0.2) is 0 Å². The van der Waals surface area contributed by atoms with Gasteiger partial charge in [0, 0.05) is 40.0 Å². The first kappa shape index (κ1) is 30.6. The number of ketones is 1. The van der Waals surface area contributed by atoms with Gasteiger partial charge in [0.1, 0.15) is 6.04 Å². The van der Waals surface area contributed by atoms with E-state index in [1.165, 1.54) is 18.0 Å². The molecule has 5 amide bonds. The molecular weight excluding hydrogens is 438 g/mol. The smallest absolute Gasteiger partial charge is 0.315 e. The van der Waals surface area contributed by atoms with E-state index in [1.807, 2.05) is 20.8 Å². The molecule has 10 heteroatoms. The quantitative estimate of drug-likeness (QED) is 0.127. The van der Waals surface area contributed by atoms with E-state index in [4.69, 9.17) is 6.42 Å². The predicted molar refractivity (Wildman–Crippen MR) is 131 cm³/mol. The number of carbonyl (C=O) groups is 5. The lowest BCUT2D eigenvalue weighted by atomic mass is 9.86. The molecule has 0 heterocycles. The van der Waals surface area contributed by atoms with E-state index in [9.17, 15) is 24.0 Å². The number of unbranched alkanes of at least 4 members (excludes halogenated alkanes) is 1. The van der Waals surface area contributed by atoms with Crippen molar-refractivity contribution in [1.29, 1.82) is 0 Å². The van der Waals surface area contributed by atoms with Gasteiger partial charge in [-0.05, 0) is 24.7 Å². The summed E-state index contributed by atoms with van der Waals surface area (Å²) in [5.41, 5.74) is -0.490. The van der Waals surface area contributed by atoms with Crippen LogP contribution in [-0.4, -0.2) is 73.7 Å². The third-order valence-corrected chi connectivity index (χ3v) is 5.00. The minimum absolute atomic E-state index is 0.120. The first-order chi connectivity index (χ1) is 15.9. The molecule has 0 aromatic rings. The van der Waals surface area contributed by atoms with Crippen molar-refractivity contribution in [3.63, 3.8) is 0 Å². The van der Waals surface area contributed by atoms with Gasteiger partial charge in [0.2, 0.25) is 17.6 Å². The molecule has 0 fully saturated rings. The molecule has 2 atom stereocenters. The lowest BCUT2D eigenvalue weighted by Gasteiger charge is -2.33. The molecule has 4 N–H and O–H groups in total. The average molecular weight is 478 g/mol. The van der Waals surface area contributed by atoms with Gasteiger partial charge < -0.3 is 26.2 Å². The molecule has 0 aromatic carbocycles. The molecule has 0 aromatic heterocycles. The fourth-order valence-corrected chi connectivity index (χ4v) is 2.99. The van der Waals surface area contributed by atoms with Crippen molar-refractivity contribution in [2.24, 2.45) is 5.41 Å². The maximum absolute atomic E-state index is 12.8. The molecule has 0 spiro atoms. The van der Waals surface area contributed by atoms with Gasteiger partial charge in [-0.2, -0.15) is 0 Å². The Kier molecular flexibility index (Phi) is 14.0. The standard InChI is InChI=1S/C24H39N5O5/c1-8-10-13-17(19(31)21(32)26-15-9-2)27-18(30)14-11-12-16-29(7)22(33)20(24(3,4)5)28-23(34)25-6/h1,9,17,20H,2,10-16H2,3-7H3,(H,26,32)(H,27,30)(H2,25,28,34). The van der Waals surface area contributed by atoms with Crippen LogP contribution in [0.2, 0.25) is 0 Å². The second kappa shape index (κ2) is 15.5. The Morgan fingerprint density at radius 2 is 1.76 bits per heavy atom. The lowest BCUT2D eigenvalue weighted by Crippen LogP contribution is -2.55. The third-order valence-electron chi connectivity index (χ3n) is 5.00. The summed E-state index contributed by atoms with van der Waals surface area (Å²) in [6, 6.07) is -2.15. The molecule has 0 rings (SSSR count). The minimum atomic E-state index is -0.999. The van der Waals surface area contributed by atoms with Crippen LogP contribution >= 0.6 is 0 Å². The van der Waals surface area contributed by atoms with Crippen molar-refractivity contribution in [3.8, 4) is 12.3 Å². The van der Waals surface area contributed by atoms with Crippen LogP contribution in [0.1, 0.15) is 52.9 Å². The highest BCUT2D eigenvalue weighted by molar-refractivity contribution is 6.38. The van der Waals surface area contributed by atoms with Crippen LogP contribution in [0, 0.1) is 17.8 Å². The van der Waals surface area contributed by atoms with Gasteiger partial charge >= 0.3 is 6.03 Å². The molecule has 0 saturated heterocycles. The number of likely N-dealkylation sites (N-methyl/N-ethyl adjacent to an activating group) is 1. The average Bonchev–Trinajstić information content (AvgIpc) is 2.79. The number of nitrogens with one attached hydrogen (secondary N) is 4. The summed E-state index contributed by atoms with van der Waals surface area (Å²) in [4.78, 5) is 62.7. The largest absolute Gasteiger partial charge is 0.346 e. The third kappa shape index (κ3) is 11.5. The summed E-state index contributed by atoms with van der Waals surface area (Å²) < 4.78 is 0. The summed E-state index contributed by atoms with van der Waals surface area (Å²) in [7, 11) is 3.12. The zero-order valence-electron chi connectivity index (χ0n) is 21.0. The van der Waals surface area contributed by atoms with E-state index >= 15 is 0 Å². The van der Waals surface area contributed by atoms with E-state index in [0.29, 0.717) is 19.4 Å². The Morgan fingerprint density at radius 3 is 2.29 bits per heavy atom. The van der Waals surface area contributed by atoms with Crippen LogP contribution in [0.25, 0.3) is 0 Å². The van der Waals surface area contributed by atoms with Crippen molar-refractivity contribution < 1.29 is 24.0 Å². The number of nitrogens with zero attached hydrogens (tertiary/aromatic N) is 1. The maximum Gasteiger partial charge on any atom is 0.315 e. The Balaban J connectivity index is 4.76. The summed E-state index contributed by atoms with van der Waals surface area (Å²) in [5.74, 6) is 0.228. The number of terminal acetylenes is 1. The van der Waals surface area contributed by atoms with E-state index in [1.54, 1.807) is 7.05 Å². The highest BCUT2D eigenvalue weighted by atomic mass is 16.2. The molecule has 0 saturated carbocycles. The molecule has 0 radical (unpaired) electrons. The number of amides is 5. The van der Waals surface area contributed by atoms with Crippen LogP contribution in [0.5, 0.6) is 0 Å². The number of carbonyl (C=O) groups excluding carboxylic acids is 5. The van der Waals surface area contributed by atoms with Crippen molar-refractivity contribution in [1.82, 2.24) is 26.2 Å². The van der Waals surface area contributed by atoms with E-state index in [-0.39, 0.29) is 37.6 Å². The highest BCUT2D eigenvalue weighted by Crippen LogP contribution is 2.21. The van der Waals surface area contributed by atoms with Crippen LogP contribution < -0.4 is 21.3 Å². The van der Waals surface area contributed by atoms with Gasteiger partial charge in [0.25, 0.3) is 5.91 Å². The second-order valence-electron chi connectivity index (χ2n) is 8.97. The fraction of sp³-hybridized carbons (Fsp3) is 0.625. The van der Waals surface area contributed by atoms with Crippen LogP contribution in [-0.2, 0) is 19.2 Å². The maximum atomic E-state index is 12.8. The number of urea groups is 1. The summed E-state index contributed by atoms with van der Waals surface area (Å²) >= 11 is 0. The topological polar surface area (TPSA) is 137 Å². The molecule has 2 unspecified atom stereocenters. The number of Topliss-reactive ketones (excluding diaryl/α,β-unsaturated/α-hetero) is 1. The molecule has 10 nitrogen and oxygen atoms in total. The van der Waals surface area contributed by atoms with Crippen molar-refractivity contribution in [3.05, 3.63) is 12.7 Å². The predicted octanol–water partition coefficient (Wildman–Crippen LogP) is 0.728. The van der Waals surface area contributed by atoms with Crippen LogP contribution in [0.15, 0.2) is 12.7 Å². The van der Waals surface area contributed by atoms with Gasteiger partial charge in [-0.3, -0.25) is 19.2 Å². The van der Waals surface area contributed by atoms with Crippen LogP contribution in [0.4, 0.5) is 4.79 Å². The highest BCUT2D eigenvalue weighted by Gasteiger charge is 2.34.